The number of tetrazole rings is 1. The summed E-state index contributed by atoms with van der Waals surface area (Å²) in [6.45, 7) is 4.03. The fourth-order valence-corrected chi connectivity index (χ4v) is 7.23. The van der Waals surface area contributed by atoms with Crippen molar-refractivity contribution in [3.63, 3.8) is 0 Å². The lowest BCUT2D eigenvalue weighted by Gasteiger charge is -2.57. The molecule has 4 aliphatic carbocycles. The second-order valence-corrected chi connectivity index (χ2v) is 10.7. The SMILES string of the molecule is O=C(N1CCN(Cc2nnnn2-c2ccc(Cl)cc2)CC1)C12CC3CC(CC(C3)C1)C2. The van der Waals surface area contributed by atoms with Crippen molar-refractivity contribution in [1.82, 2.24) is 30.0 Å². The van der Waals surface area contributed by atoms with Crippen LogP contribution in [0.25, 0.3) is 5.69 Å². The van der Waals surface area contributed by atoms with Crippen LogP contribution >= 0.6 is 11.6 Å². The van der Waals surface area contributed by atoms with Gasteiger partial charge in [0.05, 0.1) is 17.6 Å². The molecule has 7 rings (SSSR count). The number of aromatic nitrogens is 4. The van der Waals surface area contributed by atoms with E-state index >= 15 is 0 Å². The second kappa shape index (κ2) is 7.55. The van der Waals surface area contributed by atoms with Gasteiger partial charge < -0.3 is 4.90 Å². The van der Waals surface area contributed by atoms with Gasteiger partial charge in [0.25, 0.3) is 0 Å². The zero-order chi connectivity index (χ0) is 21.0. The molecule has 7 nitrogen and oxygen atoms in total. The van der Waals surface area contributed by atoms with Crippen LogP contribution in [0, 0.1) is 23.2 Å². The Labute approximate surface area is 187 Å². The Morgan fingerprint density at radius 2 is 1.58 bits per heavy atom. The molecule has 2 aromatic rings. The van der Waals surface area contributed by atoms with Gasteiger partial charge in [-0.1, -0.05) is 11.6 Å². The molecule has 2 heterocycles. The molecule has 4 saturated carbocycles. The highest BCUT2D eigenvalue weighted by Gasteiger charge is 2.55. The van der Waals surface area contributed by atoms with Gasteiger partial charge in [0.15, 0.2) is 5.82 Å². The zero-order valence-electron chi connectivity index (χ0n) is 17.8. The summed E-state index contributed by atoms with van der Waals surface area (Å²) in [5.74, 6) is 3.69. The molecule has 8 heteroatoms. The third kappa shape index (κ3) is 3.55. The van der Waals surface area contributed by atoms with E-state index in [-0.39, 0.29) is 5.41 Å². The summed E-state index contributed by atoms with van der Waals surface area (Å²) < 4.78 is 1.77. The van der Waals surface area contributed by atoms with Gasteiger partial charge in [0, 0.05) is 31.2 Å². The summed E-state index contributed by atoms with van der Waals surface area (Å²) in [5.41, 5.74) is 0.871. The third-order valence-electron chi connectivity index (χ3n) is 8.12. The molecule has 0 N–H and O–H groups in total. The number of piperazine rings is 1. The predicted octanol–water partition coefficient (Wildman–Crippen LogP) is 3.18. The highest BCUT2D eigenvalue weighted by molar-refractivity contribution is 6.30. The van der Waals surface area contributed by atoms with Crippen LogP contribution in [-0.2, 0) is 11.3 Å². The van der Waals surface area contributed by atoms with Gasteiger partial charge in [-0.3, -0.25) is 9.69 Å². The van der Waals surface area contributed by atoms with Crippen molar-refractivity contribution in [1.29, 1.82) is 0 Å². The number of carbonyl (C=O) groups is 1. The van der Waals surface area contributed by atoms with E-state index in [9.17, 15) is 4.79 Å². The van der Waals surface area contributed by atoms with E-state index in [0.717, 1.165) is 74.7 Å². The van der Waals surface area contributed by atoms with E-state index in [1.807, 2.05) is 24.3 Å². The van der Waals surface area contributed by atoms with Crippen molar-refractivity contribution >= 4 is 17.5 Å². The number of amides is 1. The molecule has 0 spiro atoms. The molecular weight excluding hydrogens is 412 g/mol. The van der Waals surface area contributed by atoms with Crippen LogP contribution in [0.2, 0.25) is 5.02 Å². The number of benzene rings is 1. The van der Waals surface area contributed by atoms with E-state index < -0.39 is 0 Å². The first-order valence-corrected chi connectivity index (χ1v) is 12.0. The van der Waals surface area contributed by atoms with Crippen LogP contribution < -0.4 is 0 Å². The van der Waals surface area contributed by atoms with Crippen molar-refractivity contribution < 1.29 is 4.79 Å². The maximum atomic E-state index is 13.6. The lowest BCUT2D eigenvalue weighted by molar-refractivity contribution is -0.159. The Hall–Kier alpha value is -1.99. The summed E-state index contributed by atoms with van der Waals surface area (Å²) in [6, 6.07) is 7.53. The third-order valence-corrected chi connectivity index (χ3v) is 8.37. The van der Waals surface area contributed by atoms with Crippen molar-refractivity contribution in [2.45, 2.75) is 45.1 Å². The average Bonchev–Trinajstić information content (AvgIpc) is 3.21. The van der Waals surface area contributed by atoms with Crippen LogP contribution in [0.5, 0.6) is 0 Å². The molecule has 1 aliphatic heterocycles. The maximum absolute atomic E-state index is 13.6. The van der Waals surface area contributed by atoms with E-state index in [0.29, 0.717) is 17.5 Å². The minimum absolute atomic E-state index is 0.0321. The van der Waals surface area contributed by atoms with Crippen LogP contribution in [0.1, 0.15) is 44.3 Å². The molecule has 1 aromatic carbocycles. The predicted molar refractivity (Wildman–Crippen MR) is 117 cm³/mol. The van der Waals surface area contributed by atoms with Gasteiger partial charge in [0.2, 0.25) is 5.91 Å². The van der Waals surface area contributed by atoms with E-state index in [1.165, 1.54) is 19.3 Å². The molecule has 0 atom stereocenters. The molecular formula is C23H29ClN6O. The standard InChI is InChI=1S/C23H29ClN6O/c24-19-1-3-20(4-2-19)30-21(25-26-27-30)15-28-5-7-29(8-6-28)22(31)23-12-16-9-17(13-23)11-18(10-16)14-23/h1-4,16-18H,5-15H2. The normalized spacial score (nSPS) is 32.5. The average molecular weight is 441 g/mol. The Bertz CT molecular complexity index is 929. The quantitative estimate of drug-likeness (QED) is 0.730. The first kappa shape index (κ1) is 19.7. The molecule has 5 aliphatic rings. The molecule has 4 bridgehead atoms. The zero-order valence-corrected chi connectivity index (χ0v) is 18.5. The molecule has 1 aromatic heterocycles. The highest BCUT2D eigenvalue weighted by Crippen LogP contribution is 2.60. The number of hydrogen-bond donors (Lipinski definition) is 0. The summed E-state index contributed by atoms with van der Waals surface area (Å²) in [7, 11) is 0. The number of hydrogen-bond acceptors (Lipinski definition) is 5. The van der Waals surface area contributed by atoms with E-state index in [2.05, 4.69) is 25.3 Å². The van der Waals surface area contributed by atoms with Gasteiger partial charge in [-0.05, 0) is 91.0 Å². The first-order chi connectivity index (χ1) is 15.1. The van der Waals surface area contributed by atoms with E-state index in [1.54, 1.807) is 4.68 Å². The monoisotopic (exact) mass is 440 g/mol. The van der Waals surface area contributed by atoms with Crippen molar-refractivity contribution in [3.05, 3.63) is 35.1 Å². The summed E-state index contributed by atoms with van der Waals surface area (Å²) in [6.07, 6.45) is 7.57. The Balaban J connectivity index is 1.10. The molecule has 164 valence electrons. The van der Waals surface area contributed by atoms with Crippen molar-refractivity contribution in [2.75, 3.05) is 26.2 Å². The number of halogens is 1. The lowest BCUT2D eigenvalue weighted by Crippen LogP contribution is -2.58. The van der Waals surface area contributed by atoms with Gasteiger partial charge in [-0.15, -0.1) is 5.10 Å². The lowest BCUT2D eigenvalue weighted by atomic mass is 9.49. The van der Waals surface area contributed by atoms with Crippen molar-refractivity contribution in [2.24, 2.45) is 23.2 Å². The Morgan fingerprint density at radius 1 is 0.968 bits per heavy atom. The number of carbonyl (C=O) groups excluding carboxylic acids is 1. The number of rotatable bonds is 4. The highest BCUT2D eigenvalue weighted by atomic mass is 35.5. The van der Waals surface area contributed by atoms with Crippen LogP contribution in [0.4, 0.5) is 0 Å². The molecule has 0 unspecified atom stereocenters. The topological polar surface area (TPSA) is 67.2 Å². The fourth-order valence-electron chi connectivity index (χ4n) is 7.10. The van der Waals surface area contributed by atoms with Gasteiger partial charge >= 0.3 is 0 Å². The minimum atomic E-state index is -0.0321. The van der Waals surface area contributed by atoms with Gasteiger partial charge in [-0.25, -0.2) is 0 Å². The van der Waals surface area contributed by atoms with Gasteiger partial charge in [-0.2, -0.15) is 4.68 Å². The number of nitrogens with zero attached hydrogens (tertiary/aromatic N) is 6. The summed E-state index contributed by atoms with van der Waals surface area (Å²) in [4.78, 5) is 18.1. The second-order valence-electron chi connectivity index (χ2n) is 10.2. The first-order valence-electron chi connectivity index (χ1n) is 11.6. The summed E-state index contributed by atoms with van der Waals surface area (Å²) >= 11 is 6.00. The molecule has 0 radical (unpaired) electrons. The Morgan fingerprint density at radius 3 is 2.19 bits per heavy atom. The minimum Gasteiger partial charge on any atom is -0.340 e. The molecule has 31 heavy (non-hydrogen) atoms. The molecule has 1 saturated heterocycles. The maximum Gasteiger partial charge on any atom is 0.228 e. The van der Waals surface area contributed by atoms with E-state index in [4.69, 9.17) is 11.6 Å². The van der Waals surface area contributed by atoms with Gasteiger partial charge in [0.1, 0.15) is 0 Å². The molecule has 5 fully saturated rings. The van der Waals surface area contributed by atoms with Crippen molar-refractivity contribution in [3.8, 4) is 5.69 Å². The fraction of sp³-hybridized carbons (Fsp3) is 0.652. The smallest absolute Gasteiger partial charge is 0.228 e. The molecule has 1 amide bonds. The van der Waals surface area contributed by atoms with Crippen LogP contribution in [0.3, 0.4) is 0 Å². The Kier molecular flexibility index (Phi) is 4.79. The summed E-state index contributed by atoms with van der Waals surface area (Å²) in [5, 5.41) is 13.0. The van der Waals surface area contributed by atoms with Crippen LogP contribution in [0.15, 0.2) is 24.3 Å². The van der Waals surface area contributed by atoms with Crippen LogP contribution in [-0.4, -0.2) is 62.1 Å². The largest absolute Gasteiger partial charge is 0.340 e.